The van der Waals surface area contributed by atoms with Crippen molar-refractivity contribution in [1.29, 1.82) is 0 Å². The molecule has 2 heterocycles. The average molecular weight is 437 g/mol. The monoisotopic (exact) mass is 436 g/mol. The molecule has 3 aromatic rings. The van der Waals surface area contributed by atoms with Gasteiger partial charge in [-0.2, -0.15) is 0 Å². The minimum absolute atomic E-state index is 0.0986. The number of hydrogen-bond donors (Lipinski definition) is 1. The highest BCUT2D eigenvalue weighted by Gasteiger charge is 2.24. The second kappa shape index (κ2) is 9.56. The van der Waals surface area contributed by atoms with Gasteiger partial charge in [-0.05, 0) is 43.5 Å². The molecule has 0 fully saturated rings. The van der Waals surface area contributed by atoms with E-state index in [0.717, 1.165) is 42.1 Å². The van der Waals surface area contributed by atoms with Crippen LogP contribution in [0.3, 0.4) is 0 Å². The summed E-state index contributed by atoms with van der Waals surface area (Å²) in [5.41, 5.74) is 9.41. The summed E-state index contributed by atoms with van der Waals surface area (Å²) in [6.45, 7) is 4.10. The van der Waals surface area contributed by atoms with E-state index in [0.29, 0.717) is 17.0 Å². The van der Waals surface area contributed by atoms with Gasteiger partial charge in [0.25, 0.3) is 0 Å². The van der Waals surface area contributed by atoms with Gasteiger partial charge in [0.2, 0.25) is 5.95 Å². The van der Waals surface area contributed by atoms with Crippen LogP contribution in [0.15, 0.2) is 53.5 Å². The van der Waals surface area contributed by atoms with E-state index in [9.17, 15) is 4.79 Å². The SMILES string of the molecule is CCCCCC(C)OC(=O)c1ccc2c(c1)nc(N)n2C1=NC(c2ccccc2)CS1. The number of aliphatic imine (C=N–C) groups is 1. The molecule has 1 aliphatic heterocycles. The number of ether oxygens (including phenoxy) is 1. The van der Waals surface area contributed by atoms with Crippen LogP contribution >= 0.6 is 11.8 Å². The third-order valence-electron chi connectivity index (χ3n) is 5.45. The molecule has 4 rings (SSSR count). The van der Waals surface area contributed by atoms with Gasteiger partial charge in [-0.15, -0.1) is 0 Å². The fraction of sp³-hybridized carbons (Fsp3) is 0.375. The third kappa shape index (κ3) is 4.77. The van der Waals surface area contributed by atoms with Crippen molar-refractivity contribution in [1.82, 2.24) is 9.55 Å². The topological polar surface area (TPSA) is 82.5 Å². The molecular formula is C24H28N4O2S. The molecule has 6 nitrogen and oxygen atoms in total. The van der Waals surface area contributed by atoms with E-state index >= 15 is 0 Å². The van der Waals surface area contributed by atoms with Crippen LogP contribution < -0.4 is 5.73 Å². The van der Waals surface area contributed by atoms with Crippen molar-refractivity contribution in [2.24, 2.45) is 4.99 Å². The van der Waals surface area contributed by atoms with Crippen molar-refractivity contribution in [3.8, 4) is 0 Å². The molecule has 162 valence electrons. The zero-order chi connectivity index (χ0) is 21.8. The first-order valence-electron chi connectivity index (χ1n) is 10.8. The standard InChI is InChI=1S/C24H28N4O2S/c1-3-4-6-9-16(2)30-22(29)18-12-13-21-19(14-18)26-23(25)28(21)24-27-20(15-31-24)17-10-7-5-8-11-17/h5,7-8,10-14,16,20H,3-4,6,9,15H2,1-2H3,(H2,25,26). The smallest absolute Gasteiger partial charge is 0.338 e. The number of fused-ring (bicyclic) bond motifs is 1. The third-order valence-corrected chi connectivity index (χ3v) is 6.48. The lowest BCUT2D eigenvalue weighted by Gasteiger charge is -2.13. The number of unbranched alkanes of at least 4 members (excludes halogenated alkanes) is 2. The number of aromatic nitrogens is 2. The normalized spacial score (nSPS) is 17.0. The van der Waals surface area contributed by atoms with E-state index in [1.54, 1.807) is 23.9 Å². The average Bonchev–Trinajstić information content (AvgIpc) is 3.37. The minimum Gasteiger partial charge on any atom is -0.459 e. The van der Waals surface area contributed by atoms with Gasteiger partial charge in [-0.3, -0.25) is 9.56 Å². The lowest BCUT2D eigenvalue weighted by atomic mass is 10.1. The van der Waals surface area contributed by atoms with E-state index in [1.807, 2.05) is 35.8 Å². The number of nitrogens with zero attached hydrogens (tertiary/aromatic N) is 3. The number of thioether (sulfide) groups is 1. The lowest BCUT2D eigenvalue weighted by molar-refractivity contribution is 0.0320. The van der Waals surface area contributed by atoms with Gasteiger partial charge in [0, 0.05) is 5.75 Å². The number of esters is 1. The molecule has 2 atom stereocenters. The summed E-state index contributed by atoms with van der Waals surface area (Å²) in [6, 6.07) is 15.7. The van der Waals surface area contributed by atoms with Crippen molar-refractivity contribution in [3.63, 3.8) is 0 Å². The maximum Gasteiger partial charge on any atom is 0.338 e. The Morgan fingerprint density at radius 1 is 1.26 bits per heavy atom. The fourth-order valence-electron chi connectivity index (χ4n) is 3.75. The molecule has 1 aliphatic rings. The first-order valence-corrected chi connectivity index (χ1v) is 11.8. The molecule has 1 aromatic heterocycles. The Bertz CT molecular complexity index is 1090. The summed E-state index contributed by atoms with van der Waals surface area (Å²) in [5, 5.41) is 0.828. The summed E-state index contributed by atoms with van der Waals surface area (Å²) in [6.07, 6.45) is 4.14. The van der Waals surface area contributed by atoms with Crippen molar-refractivity contribution in [2.45, 2.75) is 51.7 Å². The van der Waals surface area contributed by atoms with Gasteiger partial charge in [-0.1, -0.05) is 61.9 Å². The van der Waals surface area contributed by atoms with Gasteiger partial charge in [0.05, 0.1) is 28.7 Å². The number of nitrogens with two attached hydrogens (primary N) is 1. The van der Waals surface area contributed by atoms with Gasteiger partial charge >= 0.3 is 5.97 Å². The molecule has 0 bridgehead atoms. The zero-order valence-electron chi connectivity index (χ0n) is 18.0. The molecule has 0 saturated carbocycles. The summed E-state index contributed by atoms with van der Waals surface area (Å²) >= 11 is 1.66. The predicted molar refractivity (Wildman–Crippen MR) is 128 cm³/mol. The number of carbonyl (C=O) groups excluding carboxylic acids is 1. The number of nitrogen functional groups attached to an aromatic ring is 1. The highest BCUT2D eigenvalue weighted by atomic mass is 32.2. The highest BCUT2D eigenvalue weighted by Crippen LogP contribution is 2.33. The van der Waals surface area contributed by atoms with E-state index < -0.39 is 0 Å². The van der Waals surface area contributed by atoms with E-state index in [4.69, 9.17) is 15.5 Å². The first kappa shape index (κ1) is 21.4. The molecular weight excluding hydrogens is 408 g/mol. The number of anilines is 1. The molecule has 0 amide bonds. The predicted octanol–water partition coefficient (Wildman–Crippen LogP) is 5.44. The Morgan fingerprint density at radius 3 is 2.84 bits per heavy atom. The minimum atomic E-state index is -0.323. The molecule has 7 heteroatoms. The van der Waals surface area contributed by atoms with Crippen LogP contribution in [0.4, 0.5) is 5.95 Å². The Morgan fingerprint density at radius 2 is 2.06 bits per heavy atom. The van der Waals surface area contributed by atoms with Crippen LogP contribution in [0.5, 0.6) is 0 Å². The van der Waals surface area contributed by atoms with Gasteiger partial charge in [-0.25, -0.2) is 9.78 Å². The van der Waals surface area contributed by atoms with Crippen molar-refractivity contribution in [2.75, 3.05) is 11.5 Å². The summed E-state index contributed by atoms with van der Waals surface area (Å²) in [5.74, 6) is 0.905. The molecule has 2 unspecified atom stereocenters. The van der Waals surface area contributed by atoms with Crippen LogP contribution in [0.2, 0.25) is 0 Å². The van der Waals surface area contributed by atoms with Crippen molar-refractivity contribution < 1.29 is 9.53 Å². The second-order valence-corrected chi connectivity index (χ2v) is 8.86. The quantitative estimate of drug-likeness (QED) is 0.394. The Labute approximate surface area is 186 Å². The number of hydrogen-bond acceptors (Lipinski definition) is 6. The molecule has 0 aliphatic carbocycles. The highest BCUT2D eigenvalue weighted by molar-refractivity contribution is 8.14. The number of rotatable bonds is 7. The summed E-state index contributed by atoms with van der Waals surface area (Å²) in [7, 11) is 0. The van der Waals surface area contributed by atoms with Crippen LogP contribution in [0, 0.1) is 0 Å². The summed E-state index contributed by atoms with van der Waals surface area (Å²) < 4.78 is 7.47. The van der Waals surface area contributed by atoms with Gasteiger partial charge in [0.15, 0.2) is 5.17 Å². The van der Waals surface area contributed by atoms with Crippen molar-refractivity contribution >= 4 is 39.9 Å². The van der Waals surface area contributed by atoms with Crippen molar-refractivity contribution in [3.05, 3.63) is 59.7 Å². The largest absolute Gasteiger partial charge is 0.459 e. The Hall–Kier alpha value is -2.80. The van der Waals surface area contributed by atoms with Crippen LogP contribution in [-0.2, 0) is 4.74 Å². The maximum absolute atomic E-state index is 12.6. The molecule has 0 radical (unpaired) electrons. The molecule has 0 saturated heterocycles. The van der Waals surface area contributed by atoms with Crippen LogP contribution in [0.25, 0.3) is 11.0 Å². The Kier molecular flexibility index (Phi) is 6.61. The fourth-order valence-corrected chi connectivity index (χ4v) is 4.84. The van der Waals surface area contributed by atoms with E-state index in [2.05, 4.69) is 24.0 Å². The number of carbonyl (C=O) groups is 1. The summed E-state index contributed by atoms with van der Waals surface area (Å²) in [4.78, 5) is 21.9. The zero-order valence-corrected chi connectivity index (χ0v) is 18.8. The lowest BCUT2D eigenvalue weighted by Crippen LogP contribution is -2.15. The Balaban J connectivity index is 1.53. The maximum atomic E-state index is 12.6. The van der Waals surface area contributed by atoms with Gasteiger partial charge < -0.3 is 10.5 Å². The van der Waals surface area contributed by atoms with Crippen LogP contribution in [-0.4, -0.2) is 32.5 Å². The molecule has 2 aromatic carbocycles. The number of benzene rings is 2. The van der Waals surface area contributed by atoms with E-state index in [-0.39, 0.29) is 18.1 Å². The number of imidazole rings is 1. The first-order chi connectivity index (χ1) is 15.1. The molecule has 31 heavy (non-hydrogen) atoms. The van der Waals surface area contributed by atoms with Crippen LogP contribution in [0.1, 0.15) is 61.5 Å². The van der Waals surface area contributed by atoms with Gasteiger partial charge in [0.1, 0.15) is 0 Å². The molecule has 0 spiro atoms. The second-order valence-electron chi connectivity index (χ2n) is 7.87. The molecule has 2 N–H and O–H groups in total. The van der Waals surface area contributed by atoms with E-state index in [1.165, 1.54) is 5.56 Å².